The van der Waals surface area contributed by atoms with E-state index in [1.54, 1.807) is 0 Å². The molecular weight excluding hydrogens is 244 g/mol. The van der Waals surface area contributed by atoms with Crippen LogP contribution >= 0.6 is 11.8 Å². The fourth-order valence-electron chi connectivity index (χ4n) is 2.45. The lowest BCUT2D eigenvalue weighted by molar-refractivity contribution is -0.130. The van der Waals surface area contributed by atoms with Crippen molar-refractivity contribution in [2.45, 2.75) is 58.5 Å². The number of carbonyl (C=O) groups is 1. The summed E-state index contributed by atoms with van der Waals surface area (Å²) >= 11 is 1.82. The van der Waals surface area contributed by atoms with E-state index in [1.165, 1.54) is 0 Å². The summed E-state index contributed by atoms with van der Waals surface area (Å²) < 4.78 is 0. The van der Waals surface area contributed by atoms with Gasteiger partial charge in [0, 0.05) is 11.8 Å². The first kappa shape index (κ1) is 15.8. The summed E-state index contributed by atoms with van der Waals surface area (Å²) in [6.45, 7) is 11.7. The first-order valence-corrected chi connectivity index (χ1v) is 8.24. The smallest absolute Gasteiger partial charge is 0.241 e. The third kappa shape index (κ3) is 3.89. The third-order valence-corrected chi connectivity index (χ3v) is 4.44. The van der Waals surface area contributed by atoms with E-state index in [1.807, 2.05) is 11.8 Å². The minimum absolute atomic E-state index is 0.0199. The van der Waals surface area contributed by atoms with Gasteiger partial charge in [-0.2, -0.15) is 11.8 Å². The van der Waals surface area contributed by atoms with E-state index in [4.69, 9.17) is 0 Å². The van der Waals surface area contributed by atoms with Gasteiger partial charge in [-0.1, -0.05) is 34.6 Å². The fourth-order valence-corrected chi connectivity index (χ4v) is 2.76. The van der Waals surface area contributed by atoms with Crippen molar-refractivity contribution in [2.75, 3.05) is 12.8 Å². The molecule has 0 aromatic rings. The molecule has 1 fully saturated rings. The van der Waals surface area contributed by atoms with Crippen molar-refractivity contribution >= 4 is 17.7 Å². The standard InChI is InChI=1S/C14H28N2OS/c1-9(2)7-12-14(17)16(8-11(5)18-6)13(15-12)10(3)4/h9-13,15H,7-8H2,1-6H3. The second-order valence-corrected chi connectivity index (χ2v) is 7.35. The summed E-state index contributed by atoms with van der Waals surface area (Å²) in [4.78, 5) is 14.5. The number of nitrogens with zero attached hydrogens (tertiary/aromatic N) is 1. The van der Waals surface area contributed by atoms with Gasteiger partial charge in [0.1, 0.15) is 0 Å². The zero-order valence-corrected chi connectivity index (χ0v) is 13.4. The summed E-state index contributed by atoms with van der Waals surface area (Å²) in [6.07, 6.45) is 3.25. The quantitative estimate of drug-likeness (QED) is 0.806. The Morgan fingerprint density at radius 3 is 2.33 bits per heavy atom. The van der Waals surface area contributed by atoms with Crippen LogP contribution in [0.4, 0.5) is 0 Å². The van der Waals surface area contributed by atoms with Crippen molar-refractivity contribution in [1.29, 1.82) is 0 Å². The predicted octanol–water partition coefficient (Wildman–Crippen LogP) is 2.57. The average molecular weight is 272 g/mol. The lowest BCUT2D eigenvalue weighted by Gasteiger charge is -2.29. The molecule has 0 aromatic heterocycles. The number of thioether (sulfide) groups is 1. The summed E-state index contributed by atoms with van der Waals surface area (Å²) in [5.41, 5.74) is 0. The van der Waals surface area contributed by atoms with Gasteiger partial charge in [-0.05, 0) is 24.5 Å². The molecule has 106 valence electrons. The number of rotatable bonds is 6. The molecule has 0 radical (unpaired) electrons. The molecule has 0 aromatic carbocycles. The van der Waals surface area contributed by atoms with E-state index in [9.17, 15) is 4.79 Å². The van der Waals surface area contributed by atoms with Gasteiger partial charge >= 0.3 is 0 Å². The Balaban J connectivity index is 2.74. The normalized spacial score (nSPS) is 26.4. The van der Waals surface area contributed by atoms with Crippen LogP contribution in [0.5, 0.6) is 0 Å². The van der Waals surface area contributed by atoms with E-state index in [0.717, 1.165) is 13.0 Å². The van der Waals surface area contributed by atoms with Crippen LogP contribution in [0.1, 0.15) is 41.0 Å². The lowest BCUT2D eigenvalue weighted by atomic mass is 10.0. The van der Waals surface area contributed by atoms with Crippen LogP contribution in [0.2, 0.25) is 0 Å². The number of amides is 1. The van der Waals surface area contributed by atoms with Gasteiger partial charge in [-0.25, -0.2) is 0 Å². The molecule has 1 amide bonds. The van der Waals surface area contributed by atoms with Crippen molar-refractivity contribution in [3.05, 3.63) is 0 Å². The van der Waals surface area contributed by atoms with Crippen LogP contribution in [0.3, 0.4) is 0 Å². The number of nitrogens with one attached hydrogen (secondary N) is 1. The maximum Gasteiger partial charge on any atom is 0.241 e. The molecule has 1 heterocycles. The van der Waals surface area contributed by atoms with E-state index < -0.39 is 0 Å². The number of hydrogen-bond acceptors (Lipinski definition) is 3. The second-order valence-electron chi connectivity index (χ2n) is 6.07. The second kappa shape index (κ2) is 6.80. The van der Waals surface area contributed by atoms with Gasteiger partial charge < -0.3 is 4.90 Å². The largest absolute Gasteiger partial charge is 0.324 e. The van der Waals surface area contributed by atoms with E-state index in [-0.39, 0.29) is 12.2 Å². The molecule has 3 nitrogen and oxygen atoms in total. The van der Waals surface area contributed by atoms with Crippen molar-refractivity contribution in [3.63, 3.8) is 0 Å². The Kier molecular flexibility index (Phi) is 5.99. The van der Waals surface area contributed by atoms with Crippen LogP contribution in [-0.2, 0) is 4.79 Å². The van der Waals surface area contributed by atoms with Crippen molar-refractivity contribution in [3.8, 4) is 0 Å². The molecule has 3 unspecified atom stereocenters. The lowest BCUT2D eigenvalue weighted by Crippen LogP contribution is -2.44. The first-order valence-electron chi connectivity index (χ1n) is 6.96. The molecule has 0 aliphatic carbocycles. The Morgan fingerprint density at radius 2 is 1.89 bits per heavy atom. The molecule has 0 saturated carbocycles. The SMILES string of the molecule is CSC(C)CN1C(=O)C(CC(C)C)NC1C(C)C. The maximum absolute atomic E-state index is 12.5. The molecule has 0 spiro atoms. The molecule has 1 N–H and O–H groups in total. The fraction of sp³-hybridized carbons (Fsp3) is 0.929. The van der Waals surface area contributed by atoms with Gasteiger partial charge in [0.25, 0.3) is 0 Å². The number of carbonyl (C=O) groups excluding carboxylic acids is 1. The van der Waals surface area contributed by atoms with E-state index in [0.29, 0.717) is 23.0 Å². The average Bonchev–Trinajstić information content (AvgIpc) is 2.57. The minimum Gasteiger partial charge on any atom is -0.324 e. The van der Waals surface area contributed by atoms with Crippen molar-refractivity contribution in [1.82, 2.24) is 10.2 Å². The number of hydrogen-bond donors (Lipinski definition) is 1. The summed E-state index contributed by atoms with van der Waals surface area (Å²) in [5, 5.41) is 4.01. The summed E-state index contributed by atoms with van der Waals surface area (Å²) in [6, 6.07) is 0.0199. The highest BCUT2D eigenvalue weighted by Crippen LogP contribution is 2.23. The Bertz CT molecular complexity index is 281. The topological polar surface area (TPSA) is 32.3 Å². The monoisotopic (exact) mass is 272 g/mol. The molecule has 1 rings (SSSR count). The summed E-state index contributed by atoms with van der Waals surface area (Å²) in [7, 11) is 0. The highest BCUT2D eigenvalue weighted by atomic mass is 32.2. The molecule has 1 aliphatic rings. The van der Waals surface area contributed by atoms with Crippen LogP contribution in [0.15, 0.2) is 0 Å². The van der Waals surface area contributed by atoms with Crippen molar-refractivity contribution in [2.24, 2.45) is 11.8 Å². The molecule has 4 heteroatoms. The highest BCUT2D eigenvalue weighted by Gasteiger charge is 2.40. The molecule has 3 atom stereocenters. The Morgan fingerprint density at radius 1 is 1.28 bits per heavy atom. The molecule has 0 bridgehead atoms. The molecule has 18 heavy (non-hydrogen) atoms. The maximum atomic E-state index is 12.5. The van der Waals surface area contributed by atoms with E-state index in [2.05, 4.69) is 51.1 Å². The van der Waals surface area contributed by atoms with Crippen molar-refractivity contribution < 1.29 is 4.79 Å². The minimum atomic E-state index is 0.0199. The first-order chi connectivity index (χ1) is 8.36. The highest BCUT2D eigenvalue weighted by molar-refractivity contribution is 7.99. The molecule has 1 aliphatic heterocycles. The van der Waals surface area contributed by atoms with Crippen LogP contribution < -0.4 is 5.32 Å². The van der Waals surface area contributed by atoms with Crippen LogP contribution in [0.25, 0.3) is 0 Å². The van der Waals surface area contributed by atoms with Crippen LogP contribution in [0, 0.1) is 11.8 Å². The third-order valence-electron chi connectivity index (χ3n) is 3.48. The molecule has 1 saturated heterocycles. The summed E-state index contributed by atoms with van der Waals surface area (Å²) in [5.74, 6) is 1.31. The zero-order valence-electron chi connectivity index (χ0n) is 12.6. The van der Waals surface area contributed by atoms with Gasteiger partial charge in [0.15, 0.2) is 0 Å². The van der Waals surface area contributed by atoms with Gasteiger partial charge in [-0.15, -0.1) is 0 Å². The molecular formula is C14H28N2OS. The van der Waals surface area contributed by atoms with Gasteiger partial charge in [0.2, 0.25) is 5.91 Å². The van der Waals surface area contributed by atoms with Gasteiger partial charge in [0.05, 0.1) is 12.2 Å². The Labute approximate surface area is 116 Å². The zero-order chi connectivity index (χ0) is 13.9. The van der Waals surface area contributed by atoms with E-state index >= 15 is 0 Å². The Hall–Kier alpha value is -0.220. The predicted molar refractivity (Wildman–Crippen MR) is 79.7 cm³/mol. The van der Waals surface area contributed by atoms with Gasteiger partial charge in [-0.3, -0.25) is 10.1 Å². The van der Waals surface area contributed by atoms with Crippen LogP contribution in [-0.4, -0.2) is 41.1 Å².